The van der Waals surface area contributed by atoms with Gasteiger partial charge in [0.2, 0.25) is 5.91 Å². The van der Waals surface area contributed by atoms with Crippen molar-refractivity contribution in [1.29, 1.82) is 0 Å². The highest BCUT2D eigenvalue weighted by atomic mass is 32.1. The lowest BCUT2D eigenvalue weighted by atomic mass is 10.1. The highest BCUT2D eigenvalue weighted by Gasteiger charge is 2.35. The SMILES string of the molecule is COc1ccc(CCN(Cc2cccs2)C(=O)CN(C(=O)Nc2ccc(C)cc2C)C2CC2)cc1OC. The molecule has 1 N–H and O–H groups in total. The van der Waals surface area contributed by atoms with E-state index in [4.69, 9.17) is 9.47 Å². The van der Waals surface area contributed by atoms with Crippen LogP contribution in [0, 0.1) is 13.8 Å². The minimum Gasteiger partial charge on any atom is -0.493 e. The Morgan fingerprint density at radius 2 is 1.81 bits per heavy atom. The van der Waals surface area contributed by atoms with Gasteiger partial charge >= 0.3 is 6.03 Å². The summed E-state index contributed by atoms with van der Waals surface area (Å²) in [5, 5.41) is 5.04. The topological polar surface area (TPSA) is 71.1 Å². The monoisotopic (exact) mass is 521 g/mol. The molecule has 7 nitrogen and oxygen atoms in total. The zero-order valence-electron chi connectivity index (χ0n) is 22.0. The first-order chi connectivity index (χ1) is 17.9. The van der Waals surface area contributed by atoms with E-state index in [1.807, 2.05) is 72.7 Å². The number of aryl methyl sites for hydroxylation is 2. The fourth-order valence-corrected chi connectivity index (χ4v) is 5.04. The molecule has 0 saturated heterocycles. The molecule has 8 heteroatoms. The van der Waals surface area contributed by atoms with E-state index >= 15 is 0 Å². The molecule has 1 aliphatic rings. The number of anilines is 1. The number of carbonyl (C=O) groups is 2. The van der Waals surface area contributed by atoms with Gasteiger partial charge in [0, 0.05) is 23.2 Å². The van der Waals surface area contributed by atoms with Gasteiger partial charge in [0.15, 0.2) is 11.5 Å². The Hall–Kier alpha value is -3.52. The molecule has 3 aromatic rings. The third kappa shape index (κ3) is 7.04. The second kappa shape index (κ2) is 12.1. The minimum atomic E-state index is -0.223. The molecule has 1 aliphatic carbocycles. The first-order valence-corrected chi connectivity index (χ1v) is 13.4. The number of methoxy groups -OCH3 is 2. The number of nitrogens with one attached hydrogen (secondary N) is 1. The van der Waals surface area contributed by atoms with Gasteiger partial charge in [0.1, 0.15) is 6.54 Å². The zero-order chi connectivity index (χ0) is 26.4. The van der Waals surface area contributed by atoms with Crippen LogP contribution in [0.4, 0.5) is 10.5 Å². The quantitative estimate of drug-likeness (QED) is 0.354. The van der Waals surface area contributed by atoms with E-state index in [0.717, 1.165) is 40.1 Å². The number of benzene rings is 2. The Balaban J connectivity index is 1.46. The molecule has 4 rings (SSSR count). The smallest absolute Gasteiger partial charge is 0.322 e. The Kier molecular flexibility index (Phi) is 8.71. The van der Waals surface area contributed by atoms with E-state index in [9.17, 15) is 9.59 Å². The predicted octanol–water partition coefficient (Wildman–Crippen LogP) is 5.65. The third-order valence-electron chi connectivity index (χ3n) is 6.58. The van der Waals surface area contributed by atoms with Crippen molar-refractivity contribution in [3.8, 4) is 11.5 Å². The van der Waals surface area contributed by atoms with Gasteiger partial charge in [-0.1, -0.05) is 29.8 Å². The molecular formula is C29H35N3O4S. The first-order valence-electron chi connectivity index (χ1n) is 12.5. The predicted molar refractivity (Wildman–Crippen MR) is 148 cm³/mol. The standard InChI is InChI=1S/C29H35N3O4S/c1-20-7-11-25(21(2)16-20)30-29(34)32(23-9-10-23)19-28(33)31(18-24-6-5-15-37-24)14-13-22-8-12-26(35-3)27(17-22)36-4/h5-8,11-12,15-17,23H,9-10,13-14,18-19H2,1-4H3,(H,30,34). The van der Waals surface area contributed by atoms with Crippen molar-refractivity contribution in [3.63, 3.8) is 0 Å². The maximum atomic E-state index is 13.6. The summed E-state index contributed by atoms with van der Waals surface area (Å²) in [4.78, 5) is 31.5. The molecule has 0 radical (unpaired) electrons. The fraction of sp³-hybridized carbons (Fsp3) is 0.379. The summed E-state index contributed by atoms with van der Waals surface area (Å²) in [5.74, 6) is 1.28. The van der Waals surface area contributed by atoms with Gasteiger partial charge in [-0.15, -0.1) is 11.3 Å². The fourth-order valence-electron chi connectivity index (χ4n) is 4.32. The Bertz CT molecular complexity index is 1220. The molecule has 196 valence electrons. The summed E-state index contributed by atoms with van der Waals surface area (Å²) < 4.78 is 10.8. The van der Waals surface area contributed by atoms with E-state index in [-0.39, 0.29) is 24.5 Å². The van der Waals surface area contributed by atoms with Gasteiger partial charge in [-0.25, -0.2) is 4.79 Å². The van der Waals surface area contributed by atoms with Crippen molar-refractivity contribution < 1.29 is 19.1 Å². The lowest BCUT2D eigenvalue weighted by molar-refractivity contribution is -0.132. The second-order valence-electron chi connectivity index (χ2n) is 9.44. The van der Waals surface area contributed by atoms with E-state index in [0.29, 0.717) is 31.0 Å². The molecular weight excluding hydrogens is 486 g/mol. The number of ether oxygens (including phenoxy) is 2. The van der Waals surface area contributed by atoms with Gasteiger partial charge in [-0.05, 0) is 73.9 Å². The molecule has 0 bridgehead atoms. The van der Waals surface area contributed by atoms with Gasteiger partial charge in [-0.3, -0.25) is 4.79 Å². The molecule has 1 fully saturated rings. The zero-order valence-corrected chi connectivity index (χ0v) is 22.8. The van der Waals surface area contributed by atoms with Crippen LogP contribution >= 0.6 is 11.3 Å². The van der Waals surface area contributed by atoms with Crippen LogP contribution in [-0.2, 0) is 17.8 Å². The summed E-state index contributed by atoms with van der Waals surface area (Å²) in [6, 6.07) is 15.7. The lowest BCUT2D eigenvalue weighted by Crippen LogP contribution is -2.45. The second-order valence-corrected chi connectivity index (χ2v) is 10.5. The maximum absolute atomic E-state index is 13.6. The number of hydrogen-bond acceptors (Lipinski definition) is 5. The van der Waals surface area contributed by atoms with Gasteiger partial charge in [0.05, 0.1) is 20.8 Å². The molecule has 0 spiro atoms. The highest BCUT2D eigenvalue weighted by molar-refractivity contribution is 7.09. The number of urea groups is 1. The summed E-state index contributed by atoms with van der Waals surface area (Å²) in [5.41, 5.74) is 3.97. The maximum Gasteiger partial charge on any atom is 0.322 e. The largest absolute Gasteiger partial charge is 0.493 e. The molecule has 0 aliphatic heterocycles. The number of nitrogens with zero attached hydrogens (tertiary/aromatic N) is 2. The van der Waals surface area contributed by atoms with Crippen molar-refractivity contribution >= 4 is 29.0 Å². The van der Waals surface area contributed by atoms with Gasteiger partial charge in [-0.2, -0.15) is 0 Å². The van der Waals surface area contributed by atoms with Crippen molar-refractivity contribution in [1.82, 2.24) is 9.80 Å². The number of amides is 3. The molecule has 1 aromatic heterocycles. The van der Waals surface area contributed by atoms with Crippen LogP contribution in [0.15, 0.2) is 53.9 Å². The highest BCUT2D eigenvalue weighted by Crippen LogP contribution is 2.29. The number of rotatable bonds is 11. The molecule has 37 heavy (non-hydrogen) atoms. The molecule has 1 saturated carbocycles. The van der Waals surface area contributed by atoms with Crippen LogP contribution in [0.1, 0.15) is 34.4 Å². The summed E-state index contributed by atoms with van der Waals surface area (Å²) in [6.45, 7) is 5.10. The molecule has 3 amide bonds. The Morgan fingerprint density at radius 3 is 2.46 bits per heavy atom. The van der Waals surface area contributed by atoms with Crippen molar-refractivity contribution in [2.24, 2.45) is 0 Å². The number of thiophene rings is 1. The van der Waals surface area contributed by atoms with Crippen LogP contribution < -0.4 is 14.8 Å². The normalized spacial score (nSPS) is 12.6. The Labute approximate surface area is 223 Å². The van der Waals surface area contributed by atoms with Crippen LogP contribution in [-0.4, -0.2) is 55.1 Å². The molecule has 0 atom stereocenters. The van der Waals surface area contributed by atoms with Crippen LogP contribution in [0.5, 0.6) is 11.5 Å². The van der Waals surface area contributed by atoms with E-state index in [1.54, 1.807) is 30.5 Å². The van der Waals surface area contributed by atoms with Crippen molar-refractivity contribution in [2.75, 3.05) is 32.6 Å². The van der Waals surface area contributed by atoms with Crippen molar-refractivity contribution in [2.45, 2.75) is 45.7 Å². The van der Waals surface area contributed by atoms with E-state index in [1.165, 1.54) is 0 Å². The average Bonchev–Trinajstić information content (AvgIpc) is 3.60. The lowest BCUT2D eigenvalue weighted by Gasteiger charge is -2.28. The van der Waals surface area contributed by atoms with Gasteiger partial charge in [0.25, 0.3) is 0 Å². The number of carbonyl (C=O) groups excluding carboxylic acids is 2. The van der Waals surface area contributed by atoms with E-state index < -0.39 is 0 Å². The third-order valence-corrected chi connectivity index (χ3v) is 7.44. The summed E-state index contributed by atoms with van der Waals surface area (Å²) >= 11 is 1.63. The van der Waals surface area contributed by atoms with Crippen LogP contribution in [0.25, 0.3) is 0 Å². The van der Waals surface area contributed by atoms with E-state index in [2.05, 4.69) is 5.32 Å². The molecule has 0 unspecified atom stereocenters. The average molecular weight is 522 g/mol. The van der Waals surface area contributed by atoms with Crippen molar-refractivity contribution in [3.05, 3.63) is 75.5 Å². The van der Waals surface area contributed by atoms with Crippen LogP contribution in [0.3, 0.4) is 0 Å². The Morgan fingerprint density at radius 1 is 1.03 bits per heavy atom. The minimum absolute atomic E-state index is 0.0543. The molecule has 2 aromatic carbocycles. The first kappa shape index (κ1) is 26.5. The van der Waals surface area contributed by atoms with Crippen LogP contribution in [0.2, 0.25) is 0 Å². The summed E-state index contributed by atoms with van der Waals surface area (Å²) in [7, 11) is 3.23. The number of hydrogen-bond donors (Lipinski definition) is 1. The van der Waals surface area contributed by atoms with Gasteiger partial charge < -0.3 is 24.6 Å². The molecule has 1 heterocycles. The summed E-state index contributed by atoms with van der Waals surface area (Å²) in [6.07, 6.45) is 2.50.